The van der Waals surface area contributed by atoms with Crippen molar-refractivity contribution in [1.82, 2.24) is 0 Å². The second-order valence-corrected chi connectivity index (χ2v) is 5.89. The summed E-state index contributed by atoms with van der Waals surface area (Å²) >= 11 is 0. The molecular formula is C18H36O2. The van der Waals surface area contributed by atoms with Crippen LogP contribution in [0, 0.1) is 0 Å². The van der Waals surface area contributed by atoms with Crippen molar-refractivity contribution in [3.63, 3.8) is 0 Å². The highest BCUT2D eigenvalue weighted by Gasteiger charge is 2.11. The summed E-state index contributed by atoms with van der Waals surface area (Å²) in [7, 11) is 0. The fourth-order valence-electron chi connectivity index (χ4n) is 2.44. The number of ether oxygens (including phenoxy) is 1. The molecule has 0 aromatic carbocycles. The Kier molecular flexibility index (Phi) is 14.5. The zero-order valence-corrected chi connectivity index (χ0v) is 14.1. The average molecular weight is 284 g/mol. The van der Waals surface area contributed by atoms with E-state index in [0.717, 1.165) is 19.3 Å². The van der Waals surface area contributed by atoms with Crippen molar-refractivity contribution in [1.29, 1.82) is 0 Å². The Morgan fingerprint density at radius 3 is 1.95 bits per heavy atom. The SMILES string of the molecule is CCCCCCCCC(=O)O[C@H](CC)CCCCCC. The molecule has 0 aliphatic rings. The summed E-state index contributed by atoms with van der Waals surface area (Å²) in [5.74, 6) is 0.0165. The molecule has 0 unspecified atom stereocenters. The molecule has 20 heavy (non-hydrogen) atoms. The smallest absolute Gasteiger partial charge is 0.306 e. The van der Waals surface area contributed by atoms with Crippen molar-refractivity contribution in [2.45, 2.75) is 110 Å². The Balaban J connectivity index is 3.54. The molecule has 0 aliphatic heterocycles. The molecule has 0 aromatic rings. The number of hydrogen-bond acceptors (Lipinski definition) is 2. The highest BCUT2D eigenvalue weighted by molar-refractivity contribution is 5.69. The number of unbranched alkanes of at least 4 members (excludes halogenated alkanes) is 8. The van der Waals surface area contributed by atoms with Gasteiger partial charge in [0, 0.05) is 6.42 Å². The van der Waals surface area contributed by atoms with Gasteiger partial charge in [0.1, 0.15) is 6.10 Å². The number of hydrogen-bond donors (Lipinski definition) is 0. The minimum atomic E-state index is 0.0165. The first kappa shape index (κ1) is 19.5. The predicted octanol–water partition coefficient (Wildman–Crippen LogP) is 6.03. The topological polar surface area (TPSA) is 26.3 Å². The fourth-order valence-corrected chi connectivity index (χ4v) is 2.44. The maximum atomic E-state index is 11.8. The third-order valence-electron chi connectivity index (χ3n) is 3.87. The van der Waals surface area contributed by atoms with Gasteiger partial charge in [-0.25, -0.2) is 0 Å². The van der Waals surface area contributed by atoms with Crippen molar-refractivity contribution in [3.8, 4) is 0 Å². The standard InChI is InChI=1S/C18H36O2/c1-4-7-9-11-12-14-16-18(19)20-17(6-3)15-13-10-8-5-2/h17H,4-16H2,1-3H3/t17-/m1/s1. The van der Waals surface area contributed by atoms with Crippen molar-refractivity contribution in [3.05, 3.63) is 0 Å². The fraction of sp³-hybridized carbons (Fsp3) is 0.944. The van der Waals surface area contributed by atoms with E-state index in [1.807, 2.05) is 0 Å². The lowest BCUT2D eigenvalue weighted by Crippen LogP contribution is -2.17. The molecule has 0 aromatic heterocycles. The molecule has 0 saturated heterocycles. The van der Waals surface area contributed by atoms with E-state index in [2.05, 4.69) is 20.8 Å². The summed E-state index contributed by atoms with van der Waals surface area (Å²) in [4.78, 5) is 11.8. The molecule has 0 heterocycles. The summed E-state index contributed by atoms with van der Waals surface area (Å²) < 4.78 is 5.57. The highest BCUT2D eigenvalue weighted by atomic mass is 16.5. The molecule has 0 N–H and O–H groups in total. The van der Waals surface area contributed by atoms with E-state index in [1.54, 1.807) is 0 Å². The summed E-state index contributed by atoms with van der Waals surface area (Å²) in [5.41, 5.74) is 0. The van der Waals surface area contributed by atoms with Gasteiger partial charge in [0.2, 0.25) is 0 Å². The molecule has 0 spiro atoms. The van der Waals surface area contributed by atoms with Gasteiger partial charge < -0.3 is 4.74 Å². The molecule has 120 valence electrons. The third-order valence-corrected chi connectivity index (χ3v) is 3.87. The second kappa shape index (κ2) is 14.9. The maximum Gasteiger partial charge on any atom is 0.306 e. The molecule has 0 rings (SSSR count). The molecule has 0 fully saturated rings. The van der Waals surface area contributed by atoms with Crippen LogP contribution in [-0.2, 0) is 9.53 Å². The van der Waals surface area contributed by atoms with Gasteiger partial charge in [-0.1, -0.05) is 72.1 Å². The number of rotatable bonds is 14. The Labute approximate surface area is 126 Å². The van der Waals surface area contributed by atoms with E-state index in [0.29, 0.717) is 6.42 Å². The number of esters is 1. The molecule has 2 nitrogen and oxygen atoms in total. The van der Waals surface area contributed by atoms with Crippen LogP contribution in [0.5, 0.6) is 0 Å². The lowest BCUT2D eigenvalue weighted by molar-refractivity contribution is -0.149. The van der Waals surface area contributed by atoms with E-state index in [-0.39, 0.29) is 12.1 Å². The van der Waals surface area contributed by atoms with Gasteiger partial charge in [0.25, 0.3) is 0 Å². The Morgan fingerprint density at radius 1 is 0.800 bits per heavy atom. The number of carbonyl (C=O) groups is 1. The first-order valence-corrected chi connectivity index (χ1v) is 8.94. The van der Waals surface area contributed by atoms with E-state index >= 15 is 0 Å². The molecule has 0 saturated carbocycles. The molecule has 2 heteroatoms. The molecule has 1 atom stereocenters. The maximum absolute atomic E-state index is 11.8. The normalized spacial score (nSPS) is 12.3. The largest absolute Gasteiger partial charge is 0.462 e. The zero-order valence-electron chi connectivity index (χ0n) is 14.1. The van der Waals surface area contributed by atoms with Crippen molar-refractivity contribution >= 4 is 5.97 Å². The summed E-state index contributed by atoms with van der Waals surface area (Å²) in [5, 5.41) is 0. The van der Waals surface area contributed by atoms with Crippen LogP contribution >= 0.6 is 0 Å². The van der Waals surface area contributed by atoms with Crippen LogP contribution in [0.4, 0.5) is 0 Å². The van der Waals surface area contributed by atoms with Crippen LogP contribution in [0.1, 0.15) is 104 Å². The zero-order chi connectivity index (χ0) is 15.1. The molecule has 0 bridgehead atoms. The quantitative estimate of drug-likeness (QED) is 0.287. The van der Waals surface area contributed by atoms with E-state index < -0.39 is 0 Å². The Morgan fingerprint density at radius 2 is 1.35 bits per heavy atom. The van der Waals surface area contributed by atoms with Gasteiger partial charge in [-0.3, -0.25) is 4.79 Å². The predicted molar refractivity (Wildman–Crippen MR) is 86.9 cm³/mol. The van der Waals surface area contributed by atoms with Crippen LogP contribution in [0.25, 0.3) is 0 Å². The van der Waals surface area contributed by atoms with Crippen LogP contribution in [-0.4, -0.2) is 12.1 Å². The average Bonchev–Trinajstić information content (AvgIpc) is 2.46. The van der Waals surface area contributed by atoms with E-state index in [1.165, 1.54) is 57.8 Å². The third kappa shape index (κ3) is 12.5. The monoisotopic (exact) mass is 284 g/mol. The Hall–Kier alpha value is -0.530. The lowest BCUT2D eigenvalue weighted by Gasteiger charge is -2.16. The van der Waals surface area contributed by atoms with Gasteiger partial charge in [-0.05, 0) is 25.7 Å². The number of carbonyl (C=O) groups excluding carboxylic acids is 1. The van der Waals surface area contributed by atoms with Gasteiger partial charge >= 0.3 is 5.97 Å². The van der Waals surface area contributed by atoms with Crippen LogP contribution in [0.15, 0.2) is 0 Å². The van der Waals surface area contributed by atoms with E-state index in [4.69, 9.17) is 4.74 Å². The summed E-state index contributed by atoms with van der Waals surface area (Å²) in [6, 6.07) is 0. The molecule has 0 aliphatic carbocycles. The molecular weight excluding hydrogens is 248 g/mol. The van der Waals surface area contributed by atoms with E-state index in [9.17, 15) is 4.79 Å². The van der Waals surface area contributed by atoms with Crippen LogP contribution in [0.2, 0.25) is 0 Å². The summed E-state index contributed by atoms with van der Waals surface area (Å²) in [6.07, 6.45) is 15.1. The van der Waals surface area contributed by atoms with Gasteiger partial charge in [-0.15, -0.1) is 0 Å². The first-order valence-electron chi connectivity index (χ1n) is 8.94. The molecule has 0 amide bonds. The highest BCUT2D eigenvalue weighted by Crippen LogP contribution is 2.13. The van der Waals surface area contributed by atoms with Crippen LogP contribution < -0.4 is 0 Å². The second-order valence-electron chi connectivity index (χ2n) is 5.89. The first-order chi connectivity index (χ1) is 9.74. The van der Waals surface area contributed by atoms with Gasteiger partial charge in [0.15, 0.2) is 0 Å². The van der Waals surface area contributed by atoms with Crippen LogP contribution in [0.3, 0.4) is 0 Å². The van der Waals surface area contributed by atoms with Gasteiger partial charge in [-0.2, -0.15) is 0 Å². The van der Waals surface area contributed by atoms with Crippen molar-refractivity contribution < 1.29 is 9.53 Å². The minimum Gasteiger partial charge on any atom is -0.462 e. The Bertz CT molecular complexity index is 213. The van der Waals surface area contributed by atoms with Crippen molar-refractivity contribution in [2.75, 3.05) is 0 Å². The van der Waals surface area contributed by atoms with Crippen molar-refractivity contribution in [2.24, 2.45) is 0 Å². The minimum absolute atomic E-state index is 0.0165. The molecule has 0 radical (unpaired) electrons. The van der Waals surface area contributed by atoms with Gasteiger partial charge in [0.05, 0.1) is 0 Å². The lowest BCUT2D eigenvalue weighted by atomic mass is 10.1. The summed E-state index contributed by atoms with van der Waals surface area (Å²) in [6.45, 7) is 6.56.